The second-order valence-corrected chi connectivity index (χ2v) is 5.49. The van der Waals surface area contributed by atoms with E-state index in [4.69, 9.17) is 10.2 Å². The molecule has 3 aromatic rings. The number of hydrogen-bond acceptors (Lipinski definition) is 3. The molecule has 0 radical (unpaired) electrons. The summed E-state index contributed by atoms with van der Waals surface area (Å²) in [7, 11) is 0. The molecule has 1 aliphatic rings. The maximum absolute atomic E-state index is 8.88. The summed E-state index contributed by atoms with van der Waals surface area (Å²) in [5.41, 5.74) is 6.97. The first-order valence-corrected chi connectivity index (χ1v) is 7.24. The Bertz CT molecular complexity index is 905. The van der Waals surface area contributed by atoms with Gasteiger partial charge in [0.2, 0.25) is 0 Å². The third-order valence-electron chi connectivity index (χ3n) is 4.20. The minimum Gasteiger partial charge on any atom is -0.252 e. The Morgan fingerprint density at radius 3 is 2.59 bits per heavy atom. The van der Waals surface area contributed by atoms with Crippen molar-refractivity contribution in [3.05, 3.63) is 71.5 Å². The van der Waals surface area contributed by atoms with Gasteiger partial charge >= 0.3 is 0 Å². The summed E-state index contributed by atoms with van der Waals surface area (Å²) in [6.45, 7) is 2.17. The molecule has 0 N–H and O–H groups in total. The molecule has 2 aromatic carbocycles. The van der Waals surface area contributed by atoms with Gasteiger partial charge in [-0.25, -0.2) is 4.98 Å². The van der Waals surface area contributed by atoms with Crippen LogP contribution in [0.15, 0.2) is 54.7 Å². The van der Waals surface area contributed by atoms with E-state index in [1.54, 1.807) is 0 Å². The van der Waals surface area contributed by atoms with Gasteiger partial charge in [0.1, 0.15) is 0 Å². The second-order valence-electron chi connectivity index (χ2n) is 5.49. The molecule has 104 valence electrons. The average molecular weight is 283 g/mol. The standard InChI is InChI=1S/C19H13N3/c1-12-15-4-2-3-5-16(15)19-18(12)22-17(11-21-19)14-8-6-13(10-20)7-9-14/h2-9,11-12H,1H3. The fourth-order valence-electron chi connectivity index (χ4n) is 3.00. The molecule has 3 nitrogen and oxygen atoms in total. The largest absolute Gasteiger partial charge is 0.252 e. The SMILES string of the molecule is CC1c2ccccc2-c2ncc(-c3ccc(C#N)cc3)nc21. The van der Waals surface area contributed by atoms with E-state index in [9.17, 15) is 0 Å². The predicted molar refractivity (Wildman–Crippen MR) is 85.1 cm³/mol. The number of benzene rings is 2. The Balaban J connectivity index is 1.82. The summed E-state index contributed by atoms with van der Waals surface area (Å²) in [6.07, 6.45) is 1.81. The Kier molecular flexibility index (Phi) is 2.77. The molecule has 0 saturated heterocycles. The van der Waals surface area contributed by atoms with Crippen LogP contribution >= 0.6 is 0 Å². The lowest BCUT2D eigenvalue weighted by Gasteiger charge is -2.07. The van der Waals surface area contributed by atoms with Crippen LogP contribution in [0.2, 0.25) is 0 Å². The zero-order valence-electron chi connectivity index (χ0n) is 12.1. The highest BCUT2D eigenvalue weighted by molar-refractivity contribution is 5.75. The van der Waals surface area contributed by atoms with Crippen molar-refractivity contribution < 1.29 is 0 Å². The monoisotopic (exact) mass is 283 g/mol. The molecule has 0 spiro atoms. The predicted octanol–water partition coefficient (Wildman–Crippen LogP) is 4.15. The summed E-state index contributed by atoms with van der Waals surface area (Å²) in [5, 5.41) is 8.88. The summed E-state index contributed by atoms with van der Waals surface area (Å²) in [5.74, 6) is 0.261. The molecule has 1 atom stereocenters. The van der Waals surface area contributed by atoms with Crippen LogP contribution in [0.4, 0.5) is 0 Å². The molecule has 1 aliphatic carbocycles. The van der Waals surface area contributed by atoms with Crippen molar-refractivity contribution >= 4 is 0 Å². The van der Waals surface area contributed by atoms with Gasteiger partial charge in [-0.3, -0.25) is 4.98 Å². The molecule has 4 rings (SSSR count). The van der Waals surface area contributed by atoms with Crippen LogP contribution in [-0.2, 0) is 0 Å². The van der Waals surface area contributed by atoms with E-state index in [1.165, 1.54) is 11.1 Å². The van der Waals surface area contributed by atoms with Gasteiger partial charge in [-0.15, -0.1) is 0 Å². The smallest absolute Gasteiger partial charge is 0.0991 e. The first-order chi connectivity index (χ1) is 10.8. The van der Waals surface area contributed by atoms with Crippen molar-refractivity contribution in [3.63, 3.8) is 0 Å². The second kappa shape index (κ2) is 4.78. The van der Waals surface area contributed by atoms with E-state index in [0.717, 1.165) is 22.6 Å². The zero-order valence-corrected chi connectivity index (χ0v) is 12.1. The molecule has 1 aromatic heterocycles. The van der Waals surface area contributed by atoms with Crippen molar-refractivity contribution in [1.29, 1.82) is 5.26 Å². The molecule has 0 amide bonds. The van der Waals surface area contributed by atoms with Gasteiger partial charge in [0.05, 0.1) is 34.9 Å². The zero-order chi connectivity index (χ0) is 15.1. The van der Waals surface area contributed by atoms with Crippen molar-refractivity contribution in [1.82, 2.24) is 9.97 Å². The molecule has 22 heavy (non-hydrogen) atoms. The lowest BCUT2D eigenvalue weighted by molar-refractivity contribution is 0.899. The van der Waals surface area contributed by atoms with Crippen LogP contribution < -0.4 is 0 Å². The third-order valence-corrected chi connectivity index (χ3v) is 4.20. The van der Waals surface area contributed by atoms with E-state index >= 15 is 0 Å². The summed E-state index contributed by atoms with van der Waals surface area (Å²) < 4.78 is 0. The molecule has 0 aliphatic heterocycles. The Hall–Kier alpha value is -2.99. The minimum absolute atomic E-state index is 0.261. The summed E-state index contributed by atoms with van der Waals surface area (Å²) in [6, 6.07) is 17.9. The normalized spacial score (nSPS) is 15.0. The highest BCUT2D eigenvalue weighted by Gasteiger charge is 2.28. The van der Waals surface area contributed by atoms with Crippen LogP contribution in [0.25, 0.3) is 22.5 Å². The molecule has 1 unspecified atom stereocenters. The number of fused-ring (bicyclic) bond motifs is 3. The highest BCUT2D eigenvalue weighted by Crippen LogP contribution is 2.42. The molecule has 0 bridgehead atoms. The van der Waals surface area contributed by atoms with Gasteiger partial charge in [0, 0.05) is 17.0 Å². The number of rotatable bonds is 1. The lowest BCUT2D eigenvalue weighted by Crippen LogP contribution is -1.97. The van der Waals surface area contributed by atoms with Gasteiger partial charge in [-0.05, 0) is 17.7 Å². The van der Waals surface area contributed by atoms with Gasteiger partial charge in [-0.2, -0.15) is 5.26 Å². The van der Waals surface area contributed by atoms with Crippen LogP contribution in [0.1, 0.15) is 29.7 Å². The molecular weight excluding hydrogens is 270 g/mol. The van der Waals surface area contributed by atoms with Crippen molar-refractivity contribution in [3.8, 4) is 28.6 Å². The van der Waals surface area contributed by atoms with E-state index in [1.807, 2.05) is 36.5 Å². The van der Waals surface area contributed by atoms with Gasteiger partial charge in [-0.1, -0.05) is 43.3 Å². The Morgan fingerprint density at radius 2 is 1.82 bits per heavy atom. The van der Waals surface area contributed by atoms with Crippen molar-refractivity contribution in [2.75, 3.05) is 0 Å². The maximum atomic E-state index is 8.88. The van der Waals surface area contributed by atoms with Gasteiger partial charge < -0.3 is 0 Å². The van der Waals surface area contributed by atoms with Crippen molar-refractivity contribution in [2.24, 2.45) is 0 Å². The molecule has 0 fully saturated rings. The Morgan fingerprint density at radius 1 is 1.05 bits per heavy atom. The first-order valence-electron chi connectivity index (χ1n) is 7.24. The molecule has 3 heteroatoms. The molecule has 0 saturated carbocycles. The number of aromatic nitrogens is 2. The van der Waals surface area contributed by atoms with E-state index in [-0.39, 0.29) is 5.92 Å². The topological polar surface area (TPSA) is 49.6 Å². The highest BCUT2D eigenvalue weighted by atomic mass is 14.8. The summed E-state index contributed by atoms with van der Waals surface area (Å²) in [4.78, 5) is 9.47. The van der Waals surface area contributed by atoms with Crippen LogP contribution in [-0.4, -0.2) is 9.97 Å². The first kappa shape index (κ1) is 12.7. The van der Waals surface area contributed by atoms with Crippen molar-refractivity contribution in [2.45, 2.75) is 12.8 Å². The number of nitriles is 1. The van der Waals surface area contributed by atoms with E-state index in [2.05, 4.69) is 36.2 Å². The van der Waals surface area contributed by atoms with Gasteiger partial charge in [0.15, 0.2) is 0 Å². The number of hydrogen-bond donors (Lipinski definition) is 0. The third kappa shape index (κ3) is 1.82. The fourth-order valence-corrected chi connectivity index (χ4v) is 3.00. The molecule has 1 heterocycles. The van der Waals surface area contributed by atoms with E-state index in [0.29, 0.717) is 5.56 Å². The van der Waals surface area contributed by atoms with E-state index < -0.39 is 0 Å². The number of nitrogens with zero attached hydrogens (tertiary/aromatic N) is 3. The van der Waals surface area contributed by atoms with Gasteiger partial charge in [0.25, 0.3) is 0 Å². The summed E-state index contributed by atoms with van der Waals surface area (Å²) >= 11 is 0. The minimum atomic E-state index is 0.261. The fraction of sp³-hybridized carbons (Fsp3) is 0.105. The lowest BCUT2D eigenvalue weighted by atomic mass is 10.0. The van der Waals surface area contributed by atoms with Crippen LogP contribution in [0, 0.1) is 11.3 Å². The molecular formula is C19H13N3. The Labute approximate surface area is 128 Å². The van der Waals surface area contributed by atoms with Crippen LogP contribution in [0.3, 0.4) is 0 Å². The average Bonchev–Trinajstić information content (AvgIpc) is 2.88. The quantitative estimate of drug-likeness (QED) is 0.674. The maximum Gasteiger partial charge on any atom is 0.0991 e. The van der Waals surface area contributed by atoms with Crippen LogP contribution in [0.5, 0.6) is 0 Å².